The van der Waals surface area contributed by atoms with Crippen molar-refractivity contribution in [1.82, 2.24) is 4.90 Å². The topological polar surface area (TPSA) is 20.3 Å². The normalized spacial score (nSPS) is 23.4. The van der Waals surface area contributed by atoms with Crippen LogP contribution in [0, 0.1) is 0 Å². The number of Topliss-reactive ketones (excluding diaryl/α,β-unsaturated/α-hetero) is 1. The molecule has 0 aliphatic carbocycles. The Morgan fingerprint density at radius 2 is 2.42 bits per heavy atom. The molecule has 0 amide bonds. The van der Waals surface area contributed by atoms with Gasteiger partial charge in [-0.2, -0.15) is 11.8 Å². The van der Waals surface area contributed by atoms with Gasteiger partial charge in [-0.3, -0.25) is 4.79 Å². The van der Waals surface area contributed by atoms with Crippen molar-refractivity contribution in [2.45, 2.75) is 25.8 Å². The van der Waals surface area contributed by atoms with Gasteiger partial charge in [-0.05, 0) is 26.1 Å². The van der Waals surface area contributed by atoms with E-state index in [0.29, 0.717) is 18.2 Å². The Morgan fingerprint density at radius 1 is 1.67 bits per heavy atom. The van der Waals surface area contributed by atoms with Crippen LogP contribution in [-0.2, 0) is 4.79 Å². The van der Waals surface area contributed by atoms with E-state index in [1.165, 1.54) is 17.9 Å². The number of nitrogens with zero attached hydrogens (tertiary/aromatic N) is 1. The molecular formula is C9H17NOS. The molecule has 0 aromatic heterocycles. The van der Waals surface area contributed by atoms with Gasteiger partial charge in [0.15, 0.2) is 0 Å². The number of carbonyl (C=O) groups is 1. The van der Waals surface area contributed by atoms with Crippen molar-refractivity contribution >= 4 is 17.5 Å². The van der Waals surface area contributed by atoms with Crippen LogP contribution in [0.25, 0.3) is 0 Å². The molecule has 0 bridgehead atoms. The first-order chi connectivity index (χ1) is 5.70. The summed E-state index contributed by atoms with van der Waals surface area (Å²) in [6, 6.07) is 0.717. The van der Waals surface area contributed by atoms with Crippen LogP contribution in [0.4, 0.5) is 0 Å². The quantitative estimate of drug-likeness (QED) is 0.663. The molecule has 3 heteroatoms. The van der Waals surface area contributed by atoms with Crippen LogP contribution in [0.5, 0.6) is 0 Å². The fraction of sp³-hybridized carbons (Fsp3) is 0.889. The lowest BCUT2D eigenvalue weighted by molar-refractivity contribution is -0.117. The van der Waals surface area contributed by atoms with Crippen molar-refractivity contribution < 1.29 is 4.79 Å². The predicted molar refractivity (Wildman–Crippen MR) is 53.7 cm³/mol. The van der Waals surface area contributed by atoms with Crippen LogP contribution in [0.1, 0.15) is 19.8 Å². The summed E-state index contributed by atoms with van der Waals surface area (Å²) in [6.07, 6.45) is 2.00. The van der Waals surface area contributed by atoms with Crippen molar-refractivity contribution in [1.29, 1.82) is 0 Å². The zero-order valence-corrected chi connectivity index (χ0v) is 8.69. The van der Waals surface area contributed by atoms with Gasteiger partial charge in [-0.25, -0.2) is 0 Å². The maximum atomic E-state index is 10.7. The molecule has 1 rings (SSSR count). The summed E-state index contributed by atoms with van der Waals surface area (Å²) in [5.41, 5.74) is 0. The summed E-state index contributed by atoms with van der Waals surface area (Å²) >= 11 is 2.02. The van der Waals surface area contributed by atoms with Crippen molar-refractivity contribution in [2.24, 2.45) is 0 Å². The largest absolute Gasteiger partial charge is 0.302 e. The second kappa shape index (κ2) is 4.87. The van der Waals surface area contributed by atoms with Crippen molar-refractivity contribution in [3.8, 4) is 0 Å². The maximum Gasteiger partial charge on any atom is 0.131 e. The van der Waals surface area contributed by atoms with E-state index in [0.717, 1.165) is 6.54 Å². The molecule has 70 valence electrons. The first-order valence-electron chi connectivity index (χ1n) is 4.47. The first kappa shape index (κ1) is 10.1. The second-order valence-corrected chi connectivity index (χ2v) is 4.60. The molecule has 0 N–H and O–H groups in total. The molecule has 12 heavy (non-hydrogen) atoms. The minimum atomic E-state index is 0.299. The summed E-state index contributed by atoms with van der Waals surface area (Å²) in [5.74, 6) is 2.83. The summed E-state index contributed by atoms with van der Waals surface area (Å²) in [6.45, 7) is 2.60. The van der Waals surface area contributed by atoms with Crippen LogP contribution < -0.4 is 0 Å². The summed E-state index contributed by atoms with van der Waals surface area (Å²) < 4.78 is 0. The number of hydrogen-bond acceptors (Lipinski definition) is 3. The fourth-order valence-corrected chi connectivity index (χ4v) is 2.68. The number of rotatable bonds is 4. The van der Waals surface area contributed by atoms with Crippen LogP contribution in [-0.4, -0.2) is 41.8 Å². The number of thioether (sulfide) groups is 1. The van der Waals surface area contributed by atoms with E-state index in [1.54, 1.807) is 6.92 Å². The molecule has 1 atom stereocenters. The molecule has 2 nitrogen and oxygen atoms in total. The minimum absolute atomic E-state index is 0.299. The maximum absolute atomic E-state index is 10.7. The monoisotopic (exact) mass is 187 g/mol. The minimum Gasteiger partial charge on any atom is -0.302 e. The average molecular weight is 187 g/mol. The Kier molecular flexibility index (Phi) is 4.09. The van der Waals surface area contributed by atoms with E-state index >= 15 is 0 Å². The Bertz CT molecular complexity index is 155. The Hall–Kier alpha value is -0.0200. The van der Waals surface area contributed by atoms with E-state index in [2.05, 4.69) is 11.9 Å². The third-order valence-corrected chi connectivity index (χ3v) is 3.49. The standard InChI is InChI=1S/C9H17NOS/c1-8(11)3-5-10(2)9-4-6-12-7-9/h9H,3-7H2,1-2H3. The van der Waals surface area contributed by atoms with E-state index in [-0.39, 0.29) is 0 Å². The molecule has 0 aromatic carbocycles. The molecule has 0 aromatic rings. The zero-order chi connectivity index (χ0) is 8.97. The van der Waals surface area contributed by atoms with Gasteiger partial charge >= 0.3 is 0 Å². The van der Waals surface area contributed by atoms with Gasteiger partial charge in [0, 0.05) is 24.8 Å². The lowest BCUT2D eigenvalue weighted by Crippen LogP contribution is -2.32. The third-order valence-electron chi connectivity index (χ3n) is 2.35. The Balaban J connectivity index is 2.17. The average Bonchev–Trinajstić information content (AvgIpc) is 2.51. The highest BCUT2D eigenvalue weighted by molar-refractivity contribution is 7.99. The SMILES string of the molecule is CC(=O)CCN(C)C1CCSC1. The predicted octanol–water partition coefficient (Wildman–Crippen LogP) is 1.40. The van der Waals surface area contributed by atoms with Crippen molar-refractivity contribution in [3.63, 3.8) is 0 Å². The van der Waals surface area contributed by atoms with Crippen LogP contribution in [0.2, 0.25) is 0 Å². The zero-order valence-electron chi connectivity index (χ0n) is 7.88. The fourth-order valence-electron chi connectivity index (χ4n) is 1.39. The van der Waals surface area contributed by atoms with Crippen LogP contribution >= 0.6 is 11.8 Å². The van der Waals surface area contributed by atoms with Crippen molar-refractivity contribution in [3.05, 3.63) is 0 Å². The van der Waals surface area contributed by atoms with Crippen molar-refractivity contribution in [2.75, 3.05) is 25.1 Å². The van der Waals surface area contributed by atoms with Gasteiger partial charge in [-0.15, -0.1) is 0 Å². The van der Waals surface area contributed by atoms with Gasteiger partial charge in [-0.1, -0.05) is 0 Å². The van der Waals surface area contributed by atoms with Gasteiger partial charge in [0.1, 0.15) is 5.78 Å². The van der Waals surface area contributed by atoms with E-state index < -0.39 is 0 Å². The number of hydrogen-bond donors (Lipinski definition) is 0. The van der Waals surface area contributed by atoms with Gasteiger partial charge in [0.2, 0.25) is 0 Å². The van der Waals surface area contributed by atoms with Gasteiger partial charge in [0.25, 0.3) is 0 Å². The lowest BCUT2D eigenvalue weighted by atomic mass is 10.2. The number of ketones is 1. The second-order valence-electron chi connectivity index (χ2n) is 3.45. The van der Waals surface area contributed by atoms with Gasteiger partial charge in [0.05, 0.1) is 0 Å². The lowest BCUT2D eigenvalue weighted by Gasteiger charge is -2.22. The molecule has 1 heterocycles. The number of carbonyl (C=O) groups excluding carboxylic acids is 1. The molecule has 1 aliphatic heterocycles. The summed E-state index contributed by atoms with van der Waals surface area (Å²) in [5, 5.41) is 0. The molecule has 0 radical (unpaired) electrons. The summed E-state index contributed by atoms with van der Waals surface area (Å²) in [7, 11) is 2.12. The highest BCUT2D eigenvalue weighted by Gasteiger charge is 2.19. The molecule has 0 spiro atoms. The van der Waals surface area contributed by atoms with Crippen LogP contribution in [0.3, 0.4) is 0 Å². The smallest absolute Gasteiger partial charge is 0.131 e. The van der Waals surface area contributed by atoms with E-state index in [9.17, 15) is 4.79 Å². The molecule has 1 aliphatic rings. The molecule has 0 saturated carbocycles. The molecule has 1 unspecified atom stereocenters. The first-order valence-corrected chi connectivity index (χ1v) is 5.63. The molecule has 1 saturated heterocycles. The van der Waals surface area contributed by atoms with E-state index in [1.807, 2.05) is 11.8 Å². The highest BCUT2D eigenvalue weighted by atomic mass is 32.2. The molecular weight excluding hydrogens is 170 g/mol. The third kappa shape index (κ3) is 3.15. The summed E-state index contributed by atoms with van der Waals surface area (Å²) in [4.78, 5) is 13.1. The van der Waals surface area contributed by atoms with E-state index in [4.69, 9.17) is 0 Å². The highest BCUT2D eigenvalue weighted by Crippen LogP contribution is 2.21. The molecule has 1 fully saturated rings. The van der Waals surface area contributed by atoms with Crippen LogP contribution in [0.15, 0.2) is 0 Å². The Morgan fingerprint density at radius 3 is 2.92 bits per heavy atom. The Labute approximate surface area is 78.7 Å². The van der Waals surface area contributed by atoms with Gasteiger partial charge < -0.3 is 4.90 Å².